The molecular formula is C28H24N2O6S. The Morgan fingerprint density at radius 1 is 0.541 bits per heavy atom. The van der Waals surface area contributed by atoms with Gasteiger partial charge in [0.25, 0.3) is 0 Å². The summed E-state index contributed by atoms with van der Waals surface area (Å²) in [7, 11) is -4.02. The number of aromatic hydroxyl groups is 4. The Morgan fingerprint density at radius 2 is 0.946 bits per heavy atom. The molecule has 0 unspecified atom stereocenters. The summed E-state index contributed by atoms with van der Waals surface area (Å²) in [5.41, 5.74) is 1.38. The van der Waals surface area contributed by atoms with E-state index in [2.05, 4.69) is 10.6 Å². The molecule has 0 spiro atoms. The van der Waals surface area contributed by atoms with Crippen molar-refractivity contribution in [1.29, 1.82) is 0 Å². The highest BCUT2D eigenvalue weighted by molar-refractivity contribution is 7.91. The molecule has 4 aromatic rings. The second-order valence-corrected chi connectivity index (χ2v) is 9.88. The first kappa shape index (κ1) is 25.2. The van der Waals surface area contributed by atoms with Crippen molar-refractivity contribution in [1.82, 2.24) is 0 Å². The minimum absolute atomic E-state index is 0.0771. The summed E-state index contributed by atoms with van der Waals surface area (Å²) in [6.07, 6.45) is 6.10. The Hall–Kier alpha value is -4.89. The molecule has 0 fully saturated rings. The smallest absolute Gasteiger partial charge is 0.206 e. The quantitative estimate of drug-likeness (QED) is 0.169. The van der Waals surface area contributed by atoms with Crippen LogP contribution < -0.4 is 10.6 Å². The molecule has 8 nitrogen and oxygen atoms in total. The molecule has 0 bridgehead atoms. The van der Waals surface area contributed by atoms with Crippen molar-refractivity contribution >= 4 is 33.4 Å². The highest BCUT2D eigenvalue weighted by Crippen LogP contribution is 2.33. The maximum Gasteiger partial charge on any atom is 0.206 e. The van der Waals surface area contributed by atoms with Gasteiger partial charge in [0.15, 0.2) is 0 Å². The van der Waals surface area contributed by atoms with Crippen LogP contribution in [0.3, 0.4) is 0 Å². The number of phenols is 4. The maximum atomic E-state index is 13.3. The number of para-hydroxylation sites is 2. The first-order valence-electron chi connectivity index (χ1n) is 11.1. The Morgan fingerprint density at radius 3 is 1.35 bits per heavy atom. The minimum Gasteiger partial charge on any atom is -0.507 e. The molecule has 0 atom stereocenters. The predicted molar refractivity (Wildman–Crippen MR) is 143 cm³/mol. The van der Waals surface area contributed by atoms with Crippen molar-refractivity contribution in [2.45, 2.75) is 9.79 Å². The lowest BCUT2D eigenvalue weighted by atomic mass is 10.2. The van der Waals surface area contributed by atoms with Gasteiger partial charge in [-0.3, -0.25) is 0 Å². The number of hydrogen-bond donors (Lipinski definition) is 6. The molecule has 4 rings (SSSR count). The number of hydrogen-bond acceptors (Lipinski definition) is 8. The molecule has 0 amide bonds. The summed E-state index contributed by atoms with van der Waals surface area (Å²) in [6.45, 7) is 0. The van der Waals surface area contributed by atoms with Crippen molar-refractivity contribution in [2.24, 2.45) is 0 Å². The van der Waals surface area contributed by atoms with E-state index in [9.17, 15) is 28.8 Å². The monoisotopic (exact) mass is 516 g/mol. The standard InChI is InChI=1S/C28H24N2O6S/c31-25-7-3-1-5-19(25)13-15-29-23-17-21(9-11-27(23)33)37(35,36)22-10-12-28(34)24(18-22)30-16-14-20-6-2-4-8-26(20)32/h1-18,29-34H/b15-13+,16-14+. The van der Waals surface area contributed by atoms with Crippen LogP contribution in [0.2, 0.25) is 0 Å². The van der Waals surface area contributed by atoms with E-state index in [1.165, 1.54) is 60.9 Å². The van der Waals surface area contributed by atoms with Gasteiger partial charge in [-0.05, 0) is 60.7 Å². The highest BCUT2D eigenvalue weighted by atomic mass is 32.2. The zero-order valence-electron chi connectivity index (χ0n) is 19.4. The molecule has 0 saturated heterocycles. The molecule has 37 heavy (non-hydrogen) atoms. The summed E-state index contributed by atoms with van der Waals surface area (Å²) in [4.78, 5) is -0.157. The maximum absolute atomic E-state index is 13.3. The fourth-order valence-corrected chi connectivity index (χ4v) is 4.74. The predicted octanol–water partition coefficient (Wildman–Crippen LogP) is 5.51. The van der Waals surface area contributed by atoms with E-state index in [0.29, 0.717) is 11.1 Å². The van der Waals surface area contributed by atoms with Crippen LogP contribution >= 0.6 is 0 Å². The van der Waals surface area contributed by atoms with Gasteiger partial charge in [0.05, 0.1) is 21.2 Å². The van der Waals surface area contributed by atoms with E-state index >= 15 is 0 Å². The summed E-state index contributed by atoms with van der Waals surface area (Å²) < 4.78 is 26.6. The molecule has 9 heteroatoms. The third kappa shape index (κ3) is 5.85. The summed E-state index contributed by atoms with van der Waals surface area (Å²) >= 11 is 0. The highest BCUT2D eigenvalue weighted by Gasteiger charge is 2.20. The zero-order valence-corrected chi connectivity index (χ0v) is 20.2. The molecule has 0 aliphatic rings. The largest absolute Gasteiger partial charge is 0.507 e. The number of rotatable bonds is 8. The van der Waals surface area contributed by atoms with Gasteiger partial charge in [-0.1, -0.05) is 36.4 Å². The topological polar surface area (TPSA) is 139 Å². The fraction of sp³-hybridized carbons (Fsp3) is 0. The van der Waals surface area contributed by atoms with Crippen LogP contribution in [0.4, 0.5) is 11.4 Å². The number of benzene rings is 4. The number of phenolic OH excluding ortho intramolecular Hbond substituents is 4. The van der Waals surface area contributed by atoms with Crippen LogP contribution in [0.5, 0.6) is 23.0 Å². The lowest BCUT2D eigenvalue weighted by Gasteiger charge is -2.11. The van der Waals surface area contributed by atoms with Gasteiger partial charge in [0, 0.05) is 23.5 Å². The molecule has 0 aromatic heterocycles. The van der Waals surface area contributed by atoms with Crippen molar-refractivity contribution in [3.63, 3.8) is 0 Å². The summed E-state index contributed by atoms with van der Waals surface area (Å²) in [5.74, 6) is -0.173. The van der Waals surface area contributed by atoms with E-state index < -0.39 is 9.84 Å². The molecule has 0 saturated carbocycles. The Labute approximate surface area is 214 Å². The van der Waals surface area contributed by atoms with E-state index in [1.54, 1.807) is 48.6 Å². The summed E-state index contributed by atoms with van der Waals surface area (Å²) in [6, 6.07) is 21.0. The van der Waals surface area contributed by atoms with Crippen LogP contribution in [0.1, 0.15) is 11.1 Å². The van der Waals surface area contributed by atoms with E-state index in [1.807, 2.05) is 0 Å². The summed E-state index contributed by atoms with van der Waals surface area (Å²) in [5, 5.41) is 45.8. The van der Waals surface area contributed by atoms with Crippen molar-refractivity contribution in [2.75, 3.05) is 10.6 Å². The minimum atomic E-state index is -4.02. The molecule has 0 radical (unpaired) electrons. The SMILES string of the molecule is O=S(=O)(c1ccc(O)c(N/C=C/c2ccccc2O)c1)c1ccc(O)c(N/C=C/c2ccccc2O)c1. The van der Waals surface area contributed by atoms with E-state index in [0.717, 1.165) is 0 Å². The molecule has 0 aliphatic carbocycles. The fourth-order valence-electron chi connectivity index (χ4n) is 3.43. The normalized spacial score (nSPS) is 11.7. The van der Waals surface area contributed by atoms with Crippen molar-refractivity contribution in [3.05, 3.63) is 108 Å². The first-order chi connectivity index (χ1) is 17.8. The van der Waals surface area contributed by atoms with Crippen LogP contribution in [-0.4, -0.2) is 28.8 Å². The van der Waals surface area contributed by atoms with Gasteiger partial charge < -0.3 is 31.1 Å². The lowest BCUT2D eigenvalue weighted by Crippen LogP contribution is -2.03. The van der Waals surface area contributed by atoms with Crippen LogP contribution in [-0.2, 0) is 9.84 Å². The van der Waals surface area contributed by atoms with Gasteiger partial charge in [0.2, 0.25) is 9.84 Å². The number of anilines is 2. The Kier molecular flexibility index (Phi) is 7.36. The number of sulfone groups is 1. The zero-order chi connectivity index (χ0) is 26.4. The van der Waals surface area contributed by atoms with Crippen molar-refractivity contribution in [3.8, 4) is 23.0 Å². The van der Waals surface area contributed by atoms with Gasteiger partial charge in [0.1, 0.15) is 23.0 Å². The molecule has 4 aromatic carbocycles. The third-order valence-electron chi connectivity index (χ3n) is 5.43. The lowest BCUT2D eigenvalue weighted by molar-refractivity contribution is 0.473. The average Bonchev–Trinajstić information content (AvgIpc) is 2.88. The Bertz CT molecular complexity index is 1480. The molecule has 188 valence electrons. The Balaban J connectivity index is 1.57. The van der Waals surface area contributed by atoms with Gasteiger partial charge in [-0.25, -0.2) is 8.42 Å². The molecule has 0 heterocycles. The van der Waals surface area contributed by atoms with Crippen LogP contribution in [0.15, 0.2) is 107 Å². The first-order valence-corrected chi connectivity index (χ1v) is 12.6. The van der Waals surface area contributed by atoms with Gasteiger partial charge >= 0.3 is 0 Å². The van der Waals surface area contributed by atoms with Crippen molar-refractivity contribution < 1.29 is 28.8 Å². The van der Waals surface area contributed by atoms with Gasteiger partial charge in [-0.15, -0.1) is 0 Å². The van der Waals surface area contributed by atoms with E-state index in [-0.39, 0.29) is 44.2 Å². The average molecular weight is 517 g/mol. The van der Waals surface area contributed by atoms with Crippen LogP contribution in [0, 0.1) is 0 Å². The number of nitrogens with one attached hydrogen (secondary N) is 2. The molecular weight excluding hydrogens is 492 g/mol. The van der Waals surface area contributed by atoms with E-state index in [4.69, 9.17) is 0 Å². The van der Waals surface area contributed by atoms with Gasteiger partial charge in [-0.2, -0.15) is 0 Å². The molecule has 0 aliphatic heterocycles. The second-order valence-electron chi connectivity index (χ2n) is 7.93. The second kappa shape index (κ2) is 10.8. The third-order valence-corrected chi connectivity index (χ3v) is 7.18. The van der Waals surface area contributed by atoms with Crippen LogP contribution in [0.25, 0.3) is 12.2 Å². The molecule has 6 N–H and O–H groups in total.